The lowest BCUT2D eigenvalue weighted by atomic mass is 9.88. The van der Waals surface area contributed by atoms with Crippen LogP contribution in [0.5, 0.6) is 0 Å². The highest BCUT2D eigenvalue weighted by Crippen LogP contribution is 2.49. The van der Waals surface area contributed by atoms with Crippen LogP contribution in [0.2, 0.25) is 0 Å². The van der Waals surface area contributed by atoms with Gasteiger partial charge >= 0.3 is 24.7 Å². The highest BCUT2D eigenvalue weighted by atomic mass is 19.4. The summed E-state index contributed by atoms with van der Waals surface area (Å²) in [7, 11) is 0. The second kappa shape index (κ2) is 11.0. The van der Waals surface area contributed by atoms with E-state index in [1.165, 1.54) is 6.92 Å². The van der Waals surface area contributed by atoms with Crippen molar-refractivity contribution < 1.29 is 58.7 Å². The number of benzene rings is 2. The quantitative estimate of drug-likeness (QED) is 0.188. The lowest BCUT2D eigenvalue weighted by Gasteiger charge is -2.43. The van der Waals surface area contributed by atoms with Crippen LogP contribution in [0, 0.1) is 5.92 Å². The van der Waals surface area contributed by atoms with Crippen molar-refractivity contribution >= 4 is 18.3 Å². The van der Waals surface area contributed by atoms with Gasteiger partial charge in [-0.15, -0.1) is 0 Å². The van der Waals surface area contributed by atoms with Gasteiger partial charge in [0.25, 0.3) is 0 Å². The van der Waals surface area contributed by atoms with E-state index in [2.05, 4.69) is 0 Å². The summed E-state index contributed by atoms with van der Waals surface area (Å²) in [5.74, 6) is -0.110. The van der Waals surface area contributed by atoms with E-state index in [4.69, 9.17) is 9.57 Å². The van der Waals surface area contributed by atoms with E-state index in [0.29, 0.717) is 31.0 Å². The molecule has 0 radical (unpaired) electrons. The predicted molar refractivity (Wildman–Crippen MR) is 124 cm³/mol. The molecule has 4 rings (SSSR count). The maximum absolute atomic E-state index is 13.6. The molecule has 1 heterocycles. The van der Waals surface area contributed by atoms with Crippen molar-refractivity contribution in [3.8, 4) is 0 Å². The molecule has 1 saturated carbocycles. The van der Waals surface area contributed by atoms with Crippen LogP contribution in [0.3, 0.4) is 0 Å². The Morgan fingerprint density at radius 3 is 2.00 bits per heavy atom. The topological polar surface area (TPSA) is 59.1 Å². The normalized spacial score (nSPS) is 19.4. The zero-order valence-electron chi connectivity index (χ0n) is 21.2. The van der Waals surface area contributed by atoms with Crippen molar-refractivity contribution in [2.24, 2.45) is 5.92 Å². The Kier molecular flexibility index (Phi) is 8.11. The standard InChI is InChI=1S/C26H23F9N2O4/c1-2-40-23(39)41-37-20-6-5-16(24(27,28)29)10-19(20)22(11-21(37)15-3-4-15)36(13-38)12-14-7-17(25(30,31)32)9-18(8-14)26(33,34)35/h5-10,13,15,21-22H,2-4,11-12H2,1H3/t21-,22-/m0/s1. The minimum absolute atomic E-state index is 0.0222. The van der Waals surface area contributed by atoms with E-state index in [9.17, 15) is 49.1 Å². The number of alkyl halides is 9. The van der Waals surface area contributed by atoms with Crippen LogP contribution in [0.4, 0.5) is 50.0 Å². The fourth-order valence-electron chi connectivity index (χ4n) is 4.89. The summed E-state index contributed by atoms with van der Waals surface area (Å²) in [4.78, 5) is 30.6. The zero-order valence-corrected chi connectivity index (χ0v) is 21.2. The summed E-state index contributed by atoms with van der Waals surface area (Å²) < 4.78 is 126. The third-order valence-corrected chi connectivity index (χ3v) is 6.87. The first-order valence-electron chi connectivity index (χ1n) is 12.4. The summed E-state index contributed by atoms with van der Waals surface area (Å²) in [5.41, 5.74) is -5.02. The van der Waals surface area contributed by atoms with Gasteiger partial charge in [-0.3, -0.25) is 4.79 Å². The molecular weight excluding hydrogens is 575 g/mol. The number of halogens is 9. The van der Waals surface area contributed by atoms with E-state index >= 15 is 0 Å². The largest absolute Gasteiger partial charge is 0.533 e. The third-order valence-electron chi connectivity index (χ3n) is 6.87. The van der Waals surface area contributed by atoms with Crippen LogP contribution in [0.25, 0.3) is 0 Å². The number of hydrogen-bond donors (Lipinski definition) is 0. The molecule has 0 spiro atoms. The van der Waals surface area contributed by atoms with Crippen LogP contribution < -0.4 is 5.06 Å². The number of hydrogen-bond acceptors (Lipinski definition) is 5. The molecule has 0 saturated heterocycles. The van der Waals surface area contributed by atoms with Gasteiger partial charge in [0.15, 0.2) is 0 Å². The number of anilines is 1. The molecule has 224 valence electrons. The molecule has 2 atom stereocenters. The number of amides is 1. The Bertz CT molecular complexity index is 1260. The number of carbonyl (C=O) groups excluding carboxylic acids is 2. The second-order valence-corrected chi connectivity index (χ2v) is 9.72. The average Bonchev–Trinajstić information content (AvgIpc) is 3.71. The van der Waals surface area contributed by atoms with Gasteiger partial charge in [-0.25, -0.2) is 4.79 Å². The van der Waals surface area contributed by atoms with Crippen molar-refractivity contribution in [3.05, 3.63) is 64.2 Å². The van der Waals surface area contributed by atoms with Crippen molar-refractivity contribution in [1.82, 2.24) is 4.90 Å². The molecule has 1 aliphatic carbocycles. The molecular formula is C26H23F9N2O4. The number of carbonyl (C=O) groups is 2. The fourth-order valence-corrected chi connectivity index (χ4v) is 4.89. The molecule has 1 amide bonds. The summed E-state index contributed by atoms with van der Waals surface area (Å²) in [6.07, 6.45) is -14.9. The Hall–Kier alpha value is -3.65. The van der Waals surface area contributed by atoms with E-state index < -0.39 is 65.6 Å². The van der Waals surface area contributed by atoms with Gasteiger partial charge in [0.2, 0.25) is 6.41 Å². The zero-order chi connectivity index (χ0) is 30.3. The van der Waals surface area contributed by atoms with Crippen LogP contribution in [-0.4, -0.2) is 30.1 Å². The molecule has 41 heavy (non-hydrogen) atoms. The molecule has 0 unspecified atom stereocenters. The average molecular weight is 598 g/mol. The Labute approximate surface area is 227 Å². The van der Waals surface area contributed by atoms with Gasteiger partial charge in [0.1, 0.15) is 0 Å². The number of fused-ring (bicyclic) bond motifs is 1. The smallest absolute Gasteiger partial charge is 0.433 e. The lowest BCUT2D eigenvalue weighted by Crippen LogP contribution is -2.46. The van der Waals surface area contributed by atoms with Crippen molar-refractivity contribution in [2.45, 2.75) is 63.3 Å². The summed E-state index contributed by atoms with van der Waals surface area (Å²) in [6.45, 7) is 0.682. The van der Waals surface area contributed by atoms with Crippen molar-refractivity contribution in [1.29, 1.82) is 0 Å². The minimum atomic E-state index is -5.14. The second-order valence-electron chi connectivity index (χ2n) is 9.72. The van der Waals surface area contributed by atoms with Gasteiger partial charge in [-0.2, -0.15) is 44.6 Å². The van der Waals surface area contributed by atoms with E-state index in [-0.39, 0.29) is 42.7 Å². The van der Waals surface area contributed by atoms with Gasteiger partial charge in [0.05, 0.1) is 41.1 Å². The minimum Gasteiger partial charge on any atom is -0.433 e. The Morgan fingerprint density at radius 2 is 1.51 bits per heavy atom. The molecule has 0 N–H and O–H groups in total. The van der Waals surface area contributed by atoms with Gasteiger partial charge in [-0.05, 0) is 74.1 Å². The van der Waals surface area contributed by atoms with Crippen LogP contribution in [0.1, 0.15) is 60.0 Å². The van der Waals surface area contributed by atoms with Crippen molar-refractivity contribution in [3.63, 3.8) is 0 Å². The number of ether oxygens (including phenoxy) is 1. The maximum atomic E-state index is 13.6. The maximum Gasteiger partial charge on any atom is 0.533 e. The van der Waals surface area contributed by atoms with Gasteiger partial charge in [-0.1, -0.05) is 0 Å². The molecule has 1 fully saturated rings. The van der Waals surface area contributed by atoms with Crippen LogP contribution in [-0.2, 0) is 39.4 Å². The molecule has 2 aromatic rings. The number of hydroxylamine groups is 1. The SMILES string of the molecule is CCOC(=O)ON1c2ccc(C(F)(F)F)cc2[C@@H](N(C=O)Cc2cc(C(F)(F)F)cc(C(F)(F)F)c2)C[C@H]1C1CC1. The van der Waals surface area contributed by atoms with E-state index in [1.54, 1.807) is 0 Å². The third kappa shape index (κ3) is 6.81. The molecule has 0 aromatic heterocycles. The van der Waals surface area contributed by atoms with E-state index in [0.717, 1.165) is 22.1 Å². The molecule has 6 nitrogen and oxygen atoms in total. The number of rotatable bonds is 7. The van der Waals surface area contributed by atoms with Crippen LogP contribution in [0.15, 0.2) is 36.4 Å². The predicted octanol–water partition coefficient (Wildman–Crippen LogP) is 7.52. The molecule has 15 heteroatoms. The summed E-state index contributed by atoms with van der Waals surface area (Å²) in [5, 5.41) is 1.11. The summed E-state index contributed by atoms with van der Waals surface area (Å²) >= 11 is 0. The Balaban J connectivity index is 1.80. The first-order chi connectivity index (χ1) is 19.0. The monoisotopic (exact) mass is 598 g/mol. The fraction of sp³-hybridized carbons (Fsp3) is 0.462. The molecule has 2 aromatic carbocycles. The Morgan fingerprint density at radius 1 is 0.927 bits per heavy atom. The van der Waals surface area contributed by atoms with Crippen molar-refractivity contribution in [2.75, 3.05) is 11.7 Å². The molecule has 1 aliphatic heterocycles. The first kappa shape index (κ1) is 30.3. The van der Waals surface area contributed by atoms with Gasteiger partial charge < -0.3 is 14.5 Å². The highest BCUT2D eigenvalue weighted by molar-refractivity contribution is 5.66. The first-order valence-corrected chi connectivity index (χ1v) is 12.4. The van der Waals surface area contributed by atoms with Crippen LogP contribution >= 0.6 is 0 Å². The van der Waals surface area contributed by atoms with E-state index in [1.807, 2.05) is 0 Å². The van der Waals surface area contributed by atoms with Gasteiger partial charge in [0, 0.05) is 12.1 Å². The number of nitrogens with zero attached hydrogens (tertiary/aromatic N) is 2. The lowest BCUT2D eigenvalue weighted by molar-refractivity contribution is -0.143. The molecule has 2 aliphatic rings. The summed E-state index contributed by atoms with van der Waals surface area (Å²) in [6, 6.07) is 1.47. The molecule has 0 bridgehead atoms. The highest BCUT2D eigenvalue weighted by Gasteiger charge is 2.46.